The molecule has 1 N–H and O–H groups in total. The molecule has 8 nitrogen and oxygen atoms in total. The van der Waals surface area contributed by atoms with Crippen LogP contribution in [0.3, 0.4) is 0 Å². The van der Waals surface area contributed by atoms with Crippen LogP contribution in [0.5, 0.6) is 5.88 Å². The second-order valence-corrected chi connectivity index (χ2v) is 7.47. The lowest BCUT2D eigenvalue weighted by molar-refractivity contribution is -0.122. The lowest BCUT2D eigenvalue weighted by atomic mass is 10.1. The minimum atomic E-state index is -0.592. The average molecular weight is 436 g/mol. The molecule has 0 aliphatic heterocycles. The van der Waals surface area contributed by atoms with E-state index in [1.165, 1.54) is 0 Å². The molecule has 168 valence electrons. The Morgan fingerprint density at radius 2 is 1.78 bits per heavy atom. The van der Waals surface area contributed by atoms with Crippen molar-refractivity contribution in [1.29, 1.82) is 0 Å². The maximum atomic E-state index is 12.2. The normalized spacial score (nSPS) is 12.2. The quantitative estimate of drug-likeness (QED) is 0.291. The minimum absolute atomic E-state index is 0.0243. The zero-order chi connectivity index (χ0) is 23.1. The highest BCUT2D eigenvalue weighted by molar-refractivity contribution is 5.98. The van der Waals surface area contributed by atoms with Crippen LogP contribution in [0.25, 0.3) is 10.9 Å². The summed E-state index contributed by atoms with van der Waals surface area (Å²) in [6, 6.07) is 15.4. The molecule has 0 unspecified atom stereocenters. The highest BCUT2D eigenvalue weighted by atomic mass is 16.6. The summed E-state index contributed by atoms with van der Waals surface area (Å²) in [6.07, 6.45) is 0. The topological polar surface area (TPSA) is 91.8 Å². The Labute approximate surface area is 187 Å². The molecule has 3 aromatic rings. The zero-order valence-electron chi connectivity index (χ0n) is 18.9. The fourth-order valence-electron chi connectivity index (χ4n) is 3.30. The molecule has 8 heteroatoms. The van der Waals surface area contributed by atoms with E-state index in [-0.39, 0.29) is 18.2 Å². The number of hydrogen-bond acceptors (Lipinski definition) is 6. The van der Waals surface area contributed by atoms with Crippen LogP contribution < -0.4 is 0 Å². The second kappa shape index (κ2) is 10.7. The first-order chi connectivity index (χ1) is 15.4. The molecule has 0 bridgehead atoms. The summed E-state index contributed by atoms with van der Waals surface area (Å²) < 4.78 is 1.77. The third-order valence-electron chi connectivity index (χ3n) is 5.27. The first-order valence-corrected chi connectivity index (χ1v) is 10.6. The Bertz CT molecular complexity index is 1130. The Morgan fingerprint density at radius 1 is 1.09 bits per heavy atom. The van der Waals surface area contributed by atoms with Gasteiger partial charge in [0.25, 0.3) is 0 Å². The van der Waals surface area contributed by atoms with Crippen LogP contribution >= 0.6 is 0 Å². The molecule has 0 atom stereocenters. The van der Waals surface area contributed by atoms with Gasteiger partial charge < -0.3 is 9.94 Å². The number of carbonyl (C=O) groups is 1. The fraction of sp³-hybridized carbons (Fsp3) is 0.333. The van der Waals surface area contributed by atoms with E-state index in [0.717, 1.165) is 35.1 Å². The lowest BCUT2D eigenvalue weighted by Gasteiger charge is -2.19. The van der Waals surface area contributed by atoms with Gasteiger partial charge in [-0.05, 0) is 38.6 Å². The van der Waals surface area contributed by atoms with Gasteiger partial charge in [0.1, 0.15) is 0 Å². The smallest absolute Gasteiger partial charge is 0.304 e. The summed E-state index contributed by atoms with van der Waals surface area (Å²) in [5, 5.41) is 23.2. The number of nitrogens with zero attached hydrogens (tertiary/aromatic N) is 5. The number of oxime groups is 1. The average Bonchev–Trinajstić information content (AvgIpc) is 3.06. The molecule has 1 aromatic heterocycles. The van der Waals surface area contributed by atoms with Crippen molar-refractivity contribution in [2.24, 2.45) is 15.4 Å². The van der Waals surface area contributed by atoms with Crippen LogP contribution in [0, 0.1) is 6.92 Å². The number of benzene rings is 2. The standard InChI is InChI=1S/C24H29N5O3/c1-5-28(6-2)16-29-21-10-8-7-9-20(21)23(24(29)31)26-25-22(30)15-32-27-18(4)19-13-11-17(3)12-14-19/h7-14,31H,5-6,15-16H2,1-4H3/b26-25?,27-18-. The van der Waals surface area contributed by atoms with Crippen LogP contribution in [0.1, 0.15) is 31.9 Å². The summed E-state index contributed by atoms with van der Waals surface area (Å²) in [4.78, 5) is 19.5. The monoisotopic (exact) mass is 435 g/mol. The van der Waals surface area contributed by atoms with Gasteiger partial charge in [-0.15, -0.1) is 10.2 Å². The third-order valence-corrected chi connectivity index (χ3v) is 5.27. The number of fused-ring (bicyclic) bond motifs is 1. The van der Waals surface area contributed by atoms with Crippen molar-refractivity contribution < 1.29 is 14.7 Å². The first kappa shape index (κ1) is 23.1. The van der Waals surface area contributed by atoms with Gasteiger partial charge in [0.05, 0.1) is 17.9 Å². The zero-order valence-corrected chi connectivity index (χ0v) is 18.9. The van der Waals surface area contributed by atoms with Gasteiger partial charge in [-0.1, -0.05) is 67.0 Å². The van der Waals surface area contributed by atoms with E-state index in [2.05, 4.69) is 34.1 Å². The van der Waals surface area contributed by atoms with Crippen molar-refractivity contribution in [2.45, 2.75) is 34.4 Å². The number of amides is 1. The number of para-hydroxylation sites is 1. The van der Waals surface area contributed by atoms with Crippen molar-refractivity contribution in [3.63, 3.8) is 0 Å². The molecule has 0 spiro atoms. The Kier molecular flexibility index (Phi) is 7.72. The number of azo groups is 1. The highest BCUT2D eigenvalue weighted by Gasteiger charge is 2.18. The van der Waals surface area contributed by atoms with Gasteiger partial charge in [0.2, 0.25) is 5.88 Å². The van der Waals surface area contributed by atoms with Crippen LogP contribution in [-0.2, 0) is 16.3 Å². The van der Waals surface area contributed by atoms with E-state index in [1.807, 2.05) is 55.5 Å². The molecule has 1 amide bonds. The SMILES string of the molecule is CCN(CC)Cn1c(O)c(N=NC(=O)CO/N=C(/C)c2ccc(C)cc2)c2ccccc21. The van der Waals surface area contributed by atoms with E-state index in [9.17, 15) is 9.90 Å². The maximum absolute atomic E-state index is 12.2. The minimum Gasteiger partial charge on any atom is -0.493 e. The van der Waals surface area contributed by atoms with Crippen LogP contribution in [-0.4, -0.2) is 45.9 Å². The van der Waals surface area contributed by atoms with Gasteiger partial charge in [-0.3, -0.25) is 14.3 Å². The maximum Gasteiger partial charge on any atom is 0.304 e. The van der Waals surface area contributed by atoms with Crippen LogP contribution in [0.4, 0.5) is 5.69 Å². The second-order valence-electron chi connectivity index (χ2n) is 7.47. The van der Waals surface area contributed by atoms with E-state index in [0.29, 0.717) is 12.4 Å². The molecule has 0 saturated heterocycles. The van der Waals surface area contributed by atoms with Gasteiger partial charge in [-0.25, -0.2) is 0 Å². The number of rotatable bonds is 9. The van der Waals surface area contributed by atoms with Crippen molar-refractivity contribution in [1.82, 2.24) is 9.47 Å². The van der Waals surface area contributed by atoms with Gasteiger partial charge in [0.15, 0.2) is 12.3 Å². The van der Waals surface area contributed by atoms with Crippen molar-refractivity contribution in [3.05, 3.63) is 59.7 Å². The summed E-state index contributed by atoms with van der Waals surface area (Å²) in [5.74, 6) is -0.616. The molecule has 2 aromatic carbocycles. The number of aryl methyl sites for hydroxylation is 1. The van der Waals surface area contributed by atoms with Crippen LogP contribution in [0.2, 0.25) is 0 Å². The van der Waals surface area contributed by atoms with Gasteiger partial charge >= 0.3 is 5.91 Å². The molecule has 0 fully saturated rings. The van der Waals surface area contributed by atoms with Gasteiger partial charge in [-0.2, -0.15) is 0 Å². The number of aromatic nitrogens is 1. The molecule has 0 saturated carbocycles. The van der Waals surface area contributed by atoms with Crippen LogP contribution in [0.15, 0.2) is 63.9 Å². The van der Waals surface area contributed by atoms with Gasteiger partial charge in [0, 0.05) is 5.39 Å². The molecule has 0 aliphatic rings. The van der Waals surface area contributed by atoms with Crippen molar-refractivity contribution in [2.75, 3.05) is 19.7 Å². The summed E-state index contributed by atoms with van der Waals surface area (Å²) in [5.41, 5.74) is 3.82. The highest BCUT2D eigenvalue weighted by Crippen LogP contribution is 2.38. The lowest BCUT2D eigenvalue weighted by Crippen LogP contribution is -2.25. The summed E-state index contributed by atoms with van der Waals surface area (Å²) in [7, 11) is 0. The predicted molar refractivity (Wildman–Crippen MR) is 125 cm³/mol. The number of carbonyl (C=O) groups excluding carboxylic acids is 1. The van der Waals surface area contributed by atoms with E-state index in [4.69, 9.17) is 4.84 Å². The molecule has 3 rings (SSSR count). The van der Waals surface area contributed by atoms with Crippen molar-refractivity contribution >= 4 is 28.2 Å². The Balaban J connectivity index is 1.72. The number of hydrogen-bond donors (Lipinski definition) is 1. The fourth-order valence-corrected chi connectivity index (χ4v) is 3.30. The third kappa shape index (κ3) is 5.39. The van der Waals surface area contributed by atoms with E-state index < -0.39 is 5.91 Å². The molecule has 32 heavy (non-hydrogen) atoms. The van der Waals surface area contributed by atoms with Crippen molar-refractivity contribution in [3.8, 4) is 5.88 Å². The predicted octanol–water partition coefficient (Wildman–Crippen LogP) is 5.01. The molecular formula is C24H29N5O3. The summed E-state index contributed by atoms with van der Waals surface area (Å²) >= 11 is 0. The molecule has 0 aliphatic carbocycles. The molecule has 1 heterocycles. The summed E-state index contributed by atoms with van der Waals surface area (Å²) in [6.45, 7) is 9.80. The Hall–Kier alpha value is -3.52. The van der Waals surface area contributed by atoms with E-state index >= 15 is 0 Å². The molecular weight excluding hydrogens is 406 g/mol. The number of aromatic hydroxyl groups is 1. The Morgan fingerprint density at radius 3 is 2.47 bits per heavy atom. The van der Waals surface area contributed by atoms with E-state index in [1.54, 1.807) is 11.5 Å². The first-order valence-electron chi connectivity index (χ1n) is 10.6. The largest absolute Gasteiger partial charge is 0.493 e. The molecule has 0 radical (unpaired) electrons.